The van der Waals surface area contributed by atoms with Crippen LogP contribution in [-0.4, -0.2) is 35.6 Å². The molecule has 106 valence electrons. The Morgan fingerprint density at radius 3 is 2.37 bits per heavy atom. The molecule has 0 aliphatic carbocycles. The van der Waals surface area contributed by atoms with Crippen LogP contribution in [0.25, 0.3) is 0 Å². The number of benzene rings is 1. The Morgan fingerprint density at radius 1 is 1.32 bits per heavy atom. The Kier molecular flexibility index (Phi) is 5.50. The van der Waals surface area contributed by atoms with Crippen LogP contribution in [0.4, 0.5) is 0 Å². The molecular weight excluding hydrogens is 266 g/mol. The molecule has 19 heavy (non-hydrogen) atoms. The number of hydrogen-bond acceptors (Lipinski definition) is 3. The first kappa shape index (κ1) is 15.7. The number of aliphatic carboxylic acids is 1. The van der Waals surface area contributed by atoms with E-state index in [4.69, 9.17) is 5.11 Å². The van der Waals surface area contributed by atoms with E-state index in [1.54, 1.807) is 0 Å². The van der Waals surface area contributed by atoms with Gasteiger partial charge in [0, 0.05) is 13.1 Å². The summed E-state index contributed by atoms with van der Waals surface area (Å²) in [5, 5.41) is 7.47. The molecule has 0 heterocycles. The second-order valence-corrected chi connectivity index (χ2v) is 6.60. The smallest absolute Gasteiger partial charge is 0.323 e. The number of nitrogens with zero attached hydrogens (tertiary/aromatic N) is 1. The van der Waals surface area contributed by atoms with Crippen LogP contribution in [0.3, 0.4) is 0 Å². The van der Waals surface area contributed by atoms with Gasteiger partial charge in [0.2, 0.25) is 10.0 Å². The lowest BCUT2D eigenvalue weighted by molar-refractivity contribution is -0.136. The lowest BCUT2D eigenvalue weighted by Gasteiger charge is -2.23. The third kappa shape index (κ3) is 4.04. The van der Waals surface area contributed by atoms with Crippen LogP contribution in [0.15, 0.2) is 30.3 Å². The number of carboxylic acid groups (broad SMARTS) is 1. The summed E-state index contributed by atoms with van der Waals surface area (Å²) < 4.78 is 25.7. The fourth-order valence-electron chi connectivity index (χ4n) is 1.68. The van der Waals surface area contributed by atoms with Gasteiger partial charge in [-0.05, 0) is 18.9 Å². The normalized spacial score (nSPS) is 13.4. The molecule has 5 nitrogen and oxygen atoms in total. The highest BCUT2D eigenvalue weighted by molar-refractivity contribution is 7.90. The fourth-order valence-corrected chi connectivity index (χ4v) is 3.15. The van der Waals surface area contributed by atoms with Crippen LogP contribution in [0.5, 0.6) is 0 Å². The molecule has 0 saturated carbocycles. The molecule has 6 heteroatoms. The Hall–Kier alpha value is -1.40. The van der Waals surface area contributed by atoms with Gasteiger partial charge in [0.05, 0.1) is 0 Å². The first-order valence-electron chi connectivity index (χ1n) is 6.15. The van der Waals surface area contributed by atoms with Gasteiger partial charge in [0.1, 0.15) is 0 Å². The average Bonchev–Trinajstić information content (AvgIpc) is 2.38. The monoisotopic (exact) mass is 285 g/mol. The predicted octanol–water partition coefficient (Wildman–Crippen LogP) is 1.70. The summed E-state index contributed by atoms with van der Waals surface area (Å²) in [6.45, 7) is 3.58. The van der Waals surface area contributed by atoms with E-state index in [0.29, 0.717) is 13.0 Å². The van der Waals surface area contributed by atoms with Gasteiger partial charge in [-0.25, -0.2) is 8.42 Å². The van der Waals surface area contributed by atoms with Gasteiger partial charge >= 0.3 is 5.97 Å². The summed E-state index contributed by atoms with van der Waals surface area (Å²) in [6.07, 6.45) is 0.637. The zero-order valence-corrected chi connectivity index (χ0v) is 11.9. The second-order valence-electron chi connectivity index (χ2n) is 4.34. The van der Waals surface area contributed by atoms with Crippen molar-refractivity contribution in [1.82, 2.24) is 4.31 Å². The molecule has 0 fully saturated rings. The topological polar surface area (TPSA) is 74.7 Å². The van der Waals surface area contributed by atoms with Crippen molar-refractivity contribution in [2.45, 2.75) is 32.1 Å². The van der Waals surface area contributed by atoms with E-state index in [1.807, 2.05) is 37.3 Å². The largest absolute Gasteiger partial charge is 0.480 e. The van der Waals surface area contributed by atoms with Gasteiger partial charge in [-0.2, -0.15) is 4.31 Å². The summed E-state index contributed by atoms with van der Waals surface area (Å²) >= 11 is 0. The standard InChI is InChI=1S/C13H19NO4S/c1-3-9-14(10-12-7-5-4-6-8-12)19(17,18)11(2)13(15)16/h4-8,11H,3,9-10H2,1-2H3,(H,15,16). The molecule has 0 bridgehead atoms. The molecule has 0 spiro atoms. The molecule has 0 aromatic heterocycles. The van der Waals surface area contributed by atoms with Gasteiger partial charge in [-0.3, -0.25) is 4.79 Å². The van der Waals surface area contributed by atoms with Gasteiger partial charge < -0.3 is 5.11 Å². The summed E-state index contributed by atoms with van der Waals surface area (Å²) in [5.74, 6) is -1.32. The molecule has 0 aliphatic rings. The number of carbonyl (C=O) groups is 1. The molecule has 0 radical (unpaired) electrons. The molecule has 1 rings (SSSR count). The van der Waals surface area contributed by atoms with E-state index in [-0.39, 0.29) is 6.54 Å². The van der Waals surface area contributed by atoms with Crippen molar-refractivity contribution >= 4 is 16.0 Å². The van der Waals surface area contributed by atoms with Crippen LogP contribution in [0.2, 0.25) is 0 Å². The Balaban J connectivity index is 2.97. The van der Waals surface area contributed by atoms with Crippen LogP contribution in [-0.2, 0) is 21.4 Å². The lowest BCUT2D eigenvalue weighted by Crippen LogP contribution is -2.41. The molecule has 1 unspecified atom stereocenters. The molecule has 0 aliphatic heterocycles. The van der Waals surface area contributed by atoms with Crippen LogP contribution in [0.1, 0.15) is 25.8 Å². The fraction of sp³-hybridized carbons (Fsp3) is 0.462. The van der Waals surface area contributed by atoms with Crippen molar-refractivity contribution in [3.63, 3.8) is 0 Å². The van der Waals surface area contributed by atoms with E-state index in [1.165, 1.54) is 11.2 Å². The van der Waals surface area contributed by atoms with E-state index in [0.717, 1.165) is 5.56 Å². The molecule has 1 atom stereocenters. The minimum Gasteiger partial charge on any atom is -0.480 e. The average molecular weight is 285 g/mol. The number of rotatable bonds is 7. The lowest BCUT2D eigenvalue weighted by atomic mass is 10.2. The van der Waals surface area contributed by atoms with Crippen molar-refractivity contribution in [2.75, 3.05) is 6.54 Å². The predicted molar refractivity (Wildman–Crippen MR) is 73.2 cm³/mol. The van der Waals surface area contributed by atoms with Crippen LogP contribution < -0.4 is 0 Å². The van der Waals surface area contributed by atoms with Crippen molar-refractivity contribution in [3.05, 3.63) is 35.9 Å². The van der Waals surface area contributed by atoms with Crippen molar-refractivity contribution in [2.24, 2.45) is 0 Å². The first-order chi connectivity index (χ1) is 8.89. The maximum Gasteiger partial charge on any atom is 0.323 e. The Morgan fingerprint density at radius 2 is 1.89 bits per heavy atom. The van der Waals surface area contributed by atoms with Gasteiger partial charge in [-0.1, -0.05) is 37.3 Å². The van der Waals surface area contributed by atoms with Crippen molar-refractivity contribution in [3.8, 4) is 0 Å². The van der Waals surface area contributed by atoms with Gasteiger partial charge in [0.15, 0.2) is 5.25 Å². The maximum absolute atomic E-state index is 12.2. The minimum absolute atomic E-state index is 0.203. The first-order valence-corrected chi connectivity index (χ1v) is 7.65. The Labute approximate surface area is 113 Å². The summed E-state index contributed by atoms with van der Waals surface area (Å²) in [6, 6.07) is 9.15. The van der Waals surface area contributed by atoms with E-state index < -0.39 is 21.2 Å². The highest BCUT2D eigenvalue weighted by atomic mass is 32.2. The molecular formula is C13H19NO4S. The molecule has 1 N–H and O–H groups in total. The zero-order chi connectivity index (χ0) is 14.5. The van der Waals surface area contributed by atoms with Crippen molar-refractivity contribution < 1.29 is 18.3 Å². The van der Waals surface area contributed by atoms with E-state index >= 15 is 0 Å². The zero-order valence-electron chi connectivity index (χ0n) is 11.1. The third-order valence-corrected chi connectivity index (χ3v) is 4.96. The van der Waals surface area contributed by atoms with Crippen LogP contribution in [0, 0.1) is 0 Å². The number of sulfonamides is 1. The number of hydrogen-bond donors (Lipinski definition) is 1. The van der Waals surface area contributed by atoms with E-state index in [2.05, 4.69) is 0 Å². The Bertz CT molecular complexity index is 513. The molecule has 0 amide bonds. The summed E-state index contributed by atoms with van der Waals surface area (Å²) in [7, 11) is -3.83. The maximum atomic E-state index is 12.2. The highest BCUT2D eigenvalue weighted by Crippen LogP contribution is 2.14. The molecule has 1 aromatic carbocycles. The SMILES string of the molecule is CCCN(Cc1ccccc1)S(=O)(=O)C(C)C(=O)O. The van der Waals surface area contributed by atoms with Gasteiger partial charge in [-0.15, -0.1) is 0 Å². The van der Waals surface area contributed by atoms with Crippen molar-refractivity contribution in [1.29, 1.82) is 0 Å². The summed E-state index contributed by atoms with van der Waals surface area (Å²) in [4.78, 5) is 10.9. The minimum atomic E-state index is -3.83. The molecule has 0 saturated heterocycles. The molecule has 1 aromatic rings. The van der Waals surface area contributed by atoms with Gasteiger partial charge in [0.25, 0.3) is 0 Å². The van der Waals surface area contributed by atoms with E-state index in [9.17, 15) is 13.2 Å². The number of carboxylic acids is 1. The quantitative estimate of drug-likeness (QED) is 0.827. The second kappa shape index (κ2) is 6.68. The highest BCUT2D eigenvalue weighted by Gasteiger charge is 2.33. The summed E-state index contributed by atoms with van der Waals surface area (Å²) in [5.41, 5.74) is 0.845. The van der Waals surface area contributed by atoms with Crippen LogP contribution >= 0.6 is 0 Å². The third-order valence-electron chi connectivity index (χ3n) is 2.83.